The second-order valence-electron chi connectivity index (χ2n) is 6.13. The highest BCUT2D eigenvalue weighted by atomic mass is 17.1. The number of nitrogens with zero attached hydrogens (tertiary/aromatic N) is 3. The minimum absolute atomic E-state index is 0.0153. The molecule has 1 aromatic carbocycles. The molecular weight excluding hydrogens is 422 g/mol. The van der Waals surface area contributed by atoms with Crippen LogP contribution in [0.1, 0.15) is 22.5 Å². The molecule has 0 saturated heterocycles. The molecule has 0 unspecified atom stereocenters. The number of carbonyl (C=O) groups excluding carboxylic acids is 3. The topological polar surface area (TPSA) is 202 Å². The molecule has 0 atom stereocenters. The molecule has 0 saturated carbocycles. The molecule has 13 nitrogen and oxygen atoms in total. The summed E-state index contributed by atoms with van der Waals surface area (Å²) in [5.41, 5.74) is 7.10. The van der Waals surface area contributed by atoms with Gasteiger partial charge in [0, 0.05) is 24.2 Å². The molecule has 0 spiro atoms. The molecule has 0 aliphatic carbocycles. The van der Waals surface area contributed by atoms with Crippen molar-refractivity contribution in [3.05, 3.63) is 64.4 Å². The fraction of sp³-hybridized carbons (Fsp3) is 0.158. The van der Waals surface area contributed by atoms with Crippen molar-refractivity contribution in [2.45, 2.75) is 13.0 Å². The Kier molecular flexibility index (Phi) is 8.54. The number of nitrogens with one attached hydrogen (secondary N) is 3. The molecule has 2 aromatic heterocycles. The van der Waals surface area contributed by atoms with E-state index >= 15 is 0 Å². The van der Waals surface area contributed by atoms with Crippen LogP contribution >= 0.6 is 0 Å². The van der Waals surface area contributed by atoms with Gasteiger partial charge in [-0.2, -0.15) is 14.6 Å². The number of nitrogens with two attached hydrogens (primary N) is 1. The zero-order valence-electron chi connectivity index (χ0n) is 16.6. The fourth-order valence-electron chi connectivity index (χ4n) is 2.45. The number of H-pyrrole nitrogens is 1. The van der Waals surface area contributed by atoms with Gasteiger partial charge in [0.15, 0.2) is 11.2 Å². The van der Waals surface area contributed by atoms with Gasteiger partial charge in [0.25, 0.3) is 11.5 Å². The summed E-state index contributed by atoms with van der Waals surface area (Å²) in [5.74, 6) is -0.102. The maximum atomic E-state index is 12.1. The van der Waals surface area contributed by atoms with Gasteiger partial charge in [-0.05, 0) is 24.3 Å². The number of aromatic amines is 1. The number of anilines is 2. The third kappa shape index (κ3) is 6.73. The monoisotopic (exact) mass is 441 g/mol. The van der Waals surface area contributed by atoms with Gasteiger partial charge >= 0.3 is 6.15 Å². The van der Waals surface area contributed by atoms with Crippen molar-refractivity contribution >= 4 is 34.9 Å². The van der Waals surface area contributed by atoms with Crippen molar-refractivity contribution in [1.29, 1.82) is 0 Å². The minimum Gasteiger partial charge on any atom is -0.379 e. The van der Waals surface area contributed by atoms with E-state index in [1.807, 2.05) is 0 Å². The first-order valence-electron chi connectivity index (χ1n) is 9.00. The van der Waals surface area contributed by atoms with Gasteiger partial charge in [-0.15, -0.1) is 0 Å². The molecule has 166 valence electrons. The molecule has 32 heavy (non-hydrogen) atoms. The summed E-state index contributed by atoms with van der Waals surface area (Å²) in [6.45, 7) is 4.07. The Hall–Kier alpha value is -4.61. The smallest absolute Gasteiger partial charge is 0.373 e. The third-order valence-electron chi connectivity index (χ3n) is 3.93. The van der Waals surface area contributed by atoms with Crippen LogP contribution < -0.4 is 21.9 Å². The maximum absolute atomic E-state index is 12.1. The molecule has 3 aromatic rings. The van der Waals surface area contributed by atoms with Gasteiger partial charge in [0.2, 0.25) is 5.95 Å². The highest BCUT2D eigenvalue weighted by Gasteiger charge is 2.08. The summed E-state index contributed by atoms with van der Waals surface area (Å²) in [5, 5.41) is 14.2. The molecule has 0 aliphatic rings. The summed E-state index contributed by atoms with van der Waals surface area (Å²) in [6.07, 6.45) is 2.06. The number of hydrogen-bond donors (Lipinski definition) is 5. The van der Waals surface area contributed by atoms with Crippen LogP contribution in [0.15, 0.2) is 47.6 Å². The van der Waals surface area contributed by atoms with Crippen LogP contribution in [0, 0.1) is 0 Å². The van der Waals surface area contributed by atoms with Crippen molar-refractivity contribution in [3.8, 4) is 0 Å². The van der Waals surface area contributed by atoms with E-state index in [0.29, 0.717) is 30.8 Å². The lowest BCUT2D eigenvalue weighted by Crippen LogP contribution is -2.24. The molecule has 1 amide bonds. The minimum atomic E-state index is -0.452. The van der Waals surface area contributed by atoms with Crippen LogP contribution in [0.25, 0.3) is 11.2 Å². The van der Waals surface area contributed by atoms with E-state index in [1.165, 1.54) is 6.20 Å². The third-order valence-corrected chi connectivity index (χ3v) is 3.93. The van der Waals surface area contributed by atoms with E-state index in [4.69, 9.17) is 20.6 Å². The van der Waals surface area contributed by atoms with E-state index in [2.05, 4.69) is 42.0 Å². The SMILES string of the molecule is C=C(CCNC(=O)c1ccc(NCc2cnc3nc(N)[nH]c(=O)c3n2)cc1)OO.O=C=O. The zero-order chi connectivity index (χ0) is 23.5. The van der Waals surface area contributed by atoms with Crippen LogP contribution in [0.5, 0.6) is 0 Å². The van der Waals surface area contributed by atoms with Gasteiger partial charge in [0.05, 0.1) is 18.4 Å². The van der Waals surface area contributed by atoms with Crippen molar-refractivity contribution in [2.24, 2.45) is 0 Å². The zero-order valence-corrected chi connectivity index (χ0v) is 16.6. The van der Waals surface area contributed by atoms with Crippen LogP contribution in [-0.4, -0.2) is 43.8 Å². The summed E-state index contributed by atoms with van der Waals surface area (Å²) in [6, 6.07) is 6.82. The van der Waals surface area contributed by atoms with Gasteiger partial charge in [-0.3, -0.25) is 14.6 Å². The van der Waals surface area contributed by atoms with Crippen molar-refractivity contribution in [1.82, 2.24) is 25.3 Å². The number of amides is 1. The van der Waals surface area contributed by atoms with Gasteiger partial charge in [-0.25, -0.2) is 15.2 Å². The molecule has 0 aliphatic heterocycles. The number of nitrogen functional groups attached to an aromatic ring is 1. The first-order chi connectivity index (χ1) is 15.4. The largest absolute Gasteiger partial charge is 0.379 e. The van der Waals surface area contributed by atoms with E-state index in [9.17, 15) is 9.59 Å². The quantitative estimate of drug-likeness (QED) is 0.184. The molecule has 3 rings (SSSR count). The molecule has 6 N–H and O–H groups in total. The Balaban J connectivity index is 0.00000114. The van der Waals surface area contributed by atoms with Crippen molar-refractivity contribution in [3.63, 3.8) is 0 Å². The van der Waals surface area contributed by atoms with Crippen molar-refractivity contribution < 1.29 is 24.5 Å². The molecule has 0 radical (unpaired) electrons. The number of fused-ring (bicyclic) bond motifs is 1. The number of carbonyl (C=O) groups is 1. The van der Waals surface area contributed by atoms with Crippen LogP contribution in [0.2, 0.25) is 0 Å². The van der Waals surface area contributed by atoms with E-state index < -0.39 is 5.56 Å². The predicted molar refractivity (Wildman–Crippen MR) is 111 cm³/mol. The van der Waals surface area contributed by atoms with Crippen molar-refractivity contribution in [2.75, 3.05) is 17.6 Å². The predicted octanol–water partition coefficient (Wildman–Crippen LogP) is 0.447. The van der Waals surface area contributed by atoms with Gasteiger partial charge in [-0.1, -0.05) is 6.58 Å². The molecule has 0 bridgehead atoms. The Morgan fingerprint density at radius 1 is 1.25 bits per heavy atom. The van der Waals surface area contributed by atoms with Crippen LogP contribution in [-0.2, 0) is 21.0 Å². The van der Waals surface area contributed by atoms with Gasteiger partial charge in [0.1, 0.15) is 5.76 Å². The number of hydrogen-bond acceptors (Lipinski definition) is 11. The Bertz CT molecular complexity index is 1190. The van der Waals surface area contributed by atoms with Crippen LogP contribution in [0.3, 0.4) is 0 Å². The highest BCUT2D eigenvalue weighted by Crippen LogP contribution is 2.11. The summed E-state index contributed by atoms with van der Waals surface area (Å²) >= 11 is 0. The second-order valence-corrected chi connectivity index (χ2v) is 6.13. The molecular formula is C19H19N7O6. The lowest BCUT2D eigenvalue weighted by Gasteiger charge is -2.08. The molecule has 13 heteroatoms. The van der Waals surface area contributed by atoms with E-state index in [-0.39, 0.29) is 34.9 Å². The molecule has 2 heterocycles. The molecule has 0 fully saturated rings. The fourth-order valence-corrected chi connectivity index (χ4v) is 2.45. The Labute approximate surface area is 180 Å². The number of aromatic nitrogens is 4. The number of benzene rings is 1. The second kappa shape index (κ2) is 11.5. The normalized spacial score (nSPS) is 9.78. The highest BCUT2D eigenvalue weighted by molar-refractivity contribution is 5.94. The maximum Gasteiger partial charge on any atom is 0.373 e. The standard InChI is InChI=1S/C18H19N7O4.CO2/c1-10(29-28)6-7-20-16(26)11-2-4-12(5-3-11)21-8-13-9-22-15-14(23-13)17(27)25-18(19)24-15;2-1-3/h2-5,9,21,28H,1,6-8H2,(H,20,26)(H3,19,22,24,25,27);. The lowest BCUT2D eigenvalue weighted by atomic mass is 10.2. The van der Waals surface area contributed by atoms with Gasteiger partial charge < -0.3 is 21.3 Å². The first kappa shape index (κ1) is 23.7. The summed E-state index contributed by atoms with van der Waals surface area (Å²) in [4.78, 5) is 58.8. The van der Waals surface area contributed by atoms with E-state index in [0.717, 1.165) is 5.69 Å². The van der Waals surface area contributed by atoms with E-state index in [1.54, 1.807) is 24.3 Å². The average molecular weight is 441 g/mol. The Morgan fingerprint density at radius 3 is 2.59 bits per heavy atom. The summed E-state index contributed by atoms with van der Waals surface area (Å²) in [7, 11) is 0. The average Bonchev–Trinajstić information content (AvgIpc) is 2.78. The first-order valence-corrected chi connectivity index (χ1v) is 9.00. The Morgan fingerprint density at radius 2 is 1.94 bits per heavy atom. The van der Waals surface area contributed by atoms with Crippen LogP contribution in [0.4, 0.5) is 11.6 Å². The number of rotatable bonds is 8. The lowest BCUT2D eigenvalue weighted by molar-refractivity contribution is -0.204. The summed E-state index contributed by atoms with van der Waals surface area (Å²) < 4.78 is 0.